The first-order valence-electron chi connectivity index (χ1n) is 12.3. The van der Waals surface area contributed by atoms with E-state index in [4.69, 9.17) is 0 Å². The van der Waals surface area contributed by atoms with Crippen LogP contribution < -0.4 is 10.6 Å². The zero-order valence-corrected chi connectivity index (χ0v) is 21.0. The zero-order chi connectivity index (χ0) is 27.5. The van der Waals surface area contributed by atoms with E-state index in [1.54, 1.807) is 43.6 Å². The van der Waals surface area contributed by atoms with Gasteiger partial charge in [0.15, 0.2) is 5.65 Å². The Balaban J connectivity index is 1.27. The minimum atomic E-state index is -2.97. The van der Waals surface area contributed by atoms with Gasteiger partial charge < -0.3 is 9.88 Å². The molecule has 8 nitrogen and oxygen atoms in total. The maximum atomic E-state index is 13.7. The van der Waals surface area contributed by atoms with Crippen LogP contribution in [0.5, 0.6) is 0 Å². The summed E-state index contributed by atoms with van der Waals surface area (Å²) in [5.41, 5.74) is 4.00. The number of amides is 2. The highest BCUT2D eigenvalue weighted by molar-refractivity contribution is 6.08. The van der Waals surface area contributed by atoms with Crippen molar-refractivity contribution in [1.82, 2.24) is 24.5 Å². The molecule has 0 spiro atoms. The number of nitrogens with one attached hydrogen (secondary N) is 2. The summed E-state index contributed by atoms with van der Waals surface area (Å²) in [6.07, 6.45) is 2.94. The second kappa shape index (κ2) is 8.97. The van der Waals surface area contributed by atoms with Crippen LogP contribution in [-0.2, 0) is 11.8 Å². The summed E-state index contributed by atoms with van der Waals surface area (Å²) in [7, 11) is 1.85. The molecule has 2 N–H and O–H groups in total. The molecule has 11 heteroatoms. The molecule has 1 unspecified atom stereocenters. The lowest BCUT2D eigenvalue weighted by molar-refractivity contribution is -0.119. The minimum Gasteiger partial charge on any atom is -0.350 e. The Morgan fingerprint density at radius 2 is 1.87 bits per heavy atom. The van der Waals surface area contributed by atoms with E-state index in [9.17, 15) is 22.8 Å². The quantitative estimate of drug-likeness (QED) is 0.318. The molecule has 39 heavy (non-hydrogen) atoms. The van der Waals surface area contributed by atoms with Gasteiger partial charge in [-0.2, -0.15) is 4.98 Å². The fraction of sp³-hybridized carbons (Fsp3) is 0.214. The third-order valence-corrected chi connectivity index (χ3v) is 6.98. The van der Waals surface area contributed by atoms with Crippen LogP contribution >= 0.6 is 0 Å². The summed E-state index contributed by atoms with van der Waals surface area (Å²) in [6.45, 7) is 1.80. The van der Waals surface area contributed by atoms with Crippen molar-refractivity contribution in [2.45, 2.75) is 25.3 Å². The van der Waals surface area contributed by atoms with Crippen LogP contribution in [-0.4, -0.2) is 36.9 Å². The highest BCUT2D eigenvalue weighted by Gasteiger charge is 2.61. The number of nitrogens with zero attached hydrogens (tertiary/aromatic N) is 4. The fourth-order valence-corrected chi connectivity index (χ4v) is 4.70. The van der Waals surface area contributed by atoms with Gasteiger partial charge in [-0.25, -0.2) is 17.7 Å². The van der Waals surface area contributed by atoms with Gasteiger partial charge in [-0.05, 0) is 60.0 Å². The van der Waals surface area contributed by atoms with Gasteiger partial charge in [-0.1, -0.05) is 18.2 Å². The summed E-state index contributed by atoms with van der Waals surface area (Å²) in [6, 6.07) is 15.0. The Kier molecular flexibility index (Phi) is 5.67. The summed E-state index contributed by atoms with van der Waals surface area (Å²) in [4.78, 5) is 29.5. The third kappa shape index (κ3) is 4.60. The van der Waals surface area contributed by atoms with E-state index in [1.807, 2.05) is 29.8 Å². The Bertz CT molecular complexity index is 1780. The molecule has 3 heterocycles. The van der Waals surface area contributed by atoms with Crippen molar-refractivity contribution in [3.8, 4) is 11.1 Å². The SMILES string of the molecule is C[C@H](NC(=O)c1cn(C)c2ccc(-c3ccn4nc(NC(=O)C5CC5(F)F)nc4c3)cc12)c1cccc(F)c1. The lowest BCUT2D eigenvalue weighted by Gasteiger charge is -2.14. The topological polar surface area (TPSA) is 93.3 Å². The Morgan fingerprint density at radius 3 is 2.62 bits per heavy atom. The van der Waals surface area contributed by atoms with Gasteiger partial charge >= 0.3 is 0 Å². The van der Waals surface area contributed by atoms with E-state index in [0.29, 0.717) is 16.8 Å². The lowest BCUT2D eigenvalue weighted by atomic mass is 10.0. The van der Waals surface area contributed by atoms with Crippen LogP contribution in [0.15, 0.2) is 67.0 Å². The van der Waals surface area contributed by atoms with Crippen molar-refractivity contribution < 1.29 is 22.8 Å². The van der Waals surface area contributed by atoms with E-state index in [-0.39, 0.29) is 17.7 Å². The number of pyridine rings is 1. The largest absolute Gasteiger partial charge is 0.350 e. The second-order valence-electron chi connectivity index (χ2n) is 9.80. The molecule has 1 aliphatic rings. The highest BCUT2D eigenvalue weighted by Crippen LogP contribution is 2.49. The number of hydrogen-bond donors (Lipinski definition) is 2. The maximum absolute atomic E-state index is 13.7. The molecule has 198 valence electrons. The van der Waals surface area contributed by atoms with Crippen LogP contribution in [0.2, 0.25) is 0 Å². The molecule has 1 aliphatic carbocycles. The van der Waals surface area contributed by atoms with Crippen LogP contribution in [0.4, 0.5) is 19.1 Å². The smallest absolute Gasteiger partial charge is 0.260 e. The van der Waals surface area contributed by atoms with Gasteiger partial charge in [0.1, 0.15) is 11.7 Å². The molecule has 2 aromatic carbocycles. The van der Waals surface area contributed by atoms with Crippen molar-refractivity contribution >= 4 is 34.3 Å². The van der Waals surface area contributed by atoms with Crippen molar-refractivity contribution in [1.29, 1.82) is 0 Å². The monoisotopic (exact) mass is 532 g/mol. The van der Waals surface area contributed by atoms with Crippen LogP contribution in [0.25, 0.3) is 27.7 Å². The van der Waals surface area contributed by atoms with Crippen molar-refractivity contribution in [2.24, 2.45) is 13.0 Å². The first-order chi connectivity index (χ1) is 18.6. The van der Waals surface area contributed by atoms with Gasteiger partial charge in [0.05, 0.1) is 11.6 Å². The number of benzene rings is 2. The normalized spacial score (nSPS) is 16.8. The molecule has 0 saturated heterocycles. The Labute approximate surface area is 220 Å². The molecule has 1 saturated carbocycles. The first-order valence-corrected chi connectivity index (χ1v) is 12.3. The number of anilines is 1. The minimum absolute atomic E-state index is 0.0512. The number of aromatic nitrogens is 4. The lowest BCUT2D eigenvalue weighted by Crippen LogP contribution is -2.26. The molecule has 2 amide bonds. The van der Waals surface area contributed by atoms with E-state index in [2.05, 4.69) is 20.7 Å². The number of carbonyl (C=O) groups excluding carboxylic acids is 2. The zero-order valence-electron chi connectivity index (χ0n) is 21.0. The number of carbonyl (C=O) groups is 2. The number of fused-ring (bicyclic) bond motifs is 2. The van der Waals surface area contributed by atoms with Crippen LogP contribution in [0.3, 0.4) is 0 Å². The van der Waals surface area contributed by atoms with Gasteiger partial charge in [0.25, 0.3) is 11.8 Å². The van der Waals surface area contributed by atoms with E-state index in [1.165, 1.54) is 16.6 Å². The number of rotatable bonds is 6. The fourth-order valence-electron chi connectivity index (χ4n) is 4.70. The van der Waals surface area contributed by atoms with Gasteiger partial charge in [0, 0.05) is 36.8 Å². The van der Waals surface area contributed by atoms with Crippen molar-refractivity contribution in [3.05, 3.63) is 83.9 Å². The van der Waals surface area contributed by atoms with Crippen LogP contribution in [0.1, 0.15) is 35.3 Å². The third-order valence-electron chi connectivity index (χ3n) is 6.98. The molecule has 6 rings (SSSR count). The molecule has 0 radical (unpaired) electrons. The average molecular weight is 533 g/mol. The Morgan fingerprint density at radius 1 is 1.10 bits per heavy atom. The summed E-state index contributed by atoms with van der Waals surface area (Å²) in [5, 5.41) is 10.2. The molecular formula is C28H23F3N6O2. The van der Waals surface area contributed by atoms with Gasteiger partial charge in [-0.3, -0.25) is 14.9 Å². The molecule has 2 atom stereocenters. The van der Waals surface area contributed by atoms with Gasteiger partial charge in [-0.15, -0.1) is 5.10 Å². The average Bonchev–Trinajstić information content (AvgIpc) is 3.20. The number of alkyl halides is 2. The number of hydrogen-bond acceptors (Lipinski definition) is 4. The number of halogens is 3. The maximum Gasteiger partial charge on any atom is 0.260 e. The van der Waals surface area contributed by atoms with E-state index < -0.39 is 30.2 Å². The molecule has 3 aromatic heterocycles. The Hall–Kier alpha value is -4.67. The molecule has 0 bridgehead atoms. The standard InChI is InChI=1S/C28H23F3N6O2/c1-15(16-4-3-5-19(29)10-16)32-25(38)21-14-36(2)23-7-6-17(11-20(21)23)18-8-9-37-24(12-18)33-27(35-37)34-26(39)22-13-28(22,30)31/h3-12,14-15,22H,13H2,1-2H3,(H,32,38)(H,34,35,39)/t15-,22?/m0/s1. The molecule has 5 aromatic rings. The molecule has 1 fully saturated rings. The van der Waals surface area contributed by atoms with E-state index in [0.717, 1.165) is 22.0 Å². The first kappa shape index (κ1) is 24.7. The van der Waals surface area contributed by atoms with Crippen molar-refractivity contribution in [3.63, 3.8) is 0 Å². The summed E-state index contributed by atoms with van der Waals surface area (Å²) < 4.78 is 43.3. The van der Waals surface area contributed by atoms with Gasteiger partial charge in [0.2, 0.25) is 11.9 Å². The van der Waals surface area contributed by atoms with Crippen molar-refractivity contribution in [2.75, 3.05) is 5.32 Å². The summed E-state index contributed by atoms with van der Waals surface area (Å²) >= 11 is 0. The second-order valence-corrected chi connectivity index (χ2v) is 9.80. The van der Waals surface area contributed by atoms with E-state index >= 15 is 0 Å². The molecule has 0 aliphatic heterocycles. The predicted molar refractivity (Wildman–Crippen MR) is 139 cm³/mol. The predicted octanol–water partition coefficient (Wildman–Crippen LogP) is 5.11. The molecular weight excluding hydrogens is 509 g/mol. The number of aryl methyl sites for hydroxylation is 1. The van der Waals surface area contributed by atoms with Crippen LogP contribution in [0, 0.1) is 11.7 Å². The highest BCUT2D eigenvalue weighted by atomic mass is 19.3. The summed E-state index contributed by atoms with van der Waals surface area (Å²) in [5.74, 6) is -5.83.